The number of nitrogens with zero attached hydrogens (tertiary/aromatic N) is 1. The molecule has 1 unspecified atom stereocenters. The number of nitrogen functional groups attached to an aromatic ring is 1. The van der Waals surface area contributed by atoms with Crippen LogP contribution < -0.4 is 10.6 Å². The van der Waals surface area contributed by atoms with E-state index in [0.717, 1.165) is 37.2 Å². The predicted octanol–water partition coefficient (Wildman–Crippen LogP) is 1.48. The zero-order valence-corrected chi connectivity index (χ0v) is 11.1. The average molecular weight is 264 g/mol. The van der Waals surface area contributed by atoms with Crippen LogP contribution in [0.15, 0.2) is 12.1 Å². The summed E-state index contributed by atoms with van der Waals surface area (Å²) in [6.07, 6.45) is 1.84. The van der Waals surface area contributed by atoms with E-state index in [1.54, 1.807) is 6.07 Å². The third-order valence-electron chi connectivity index (χ3n) is 3.79. The van der Waals surface area contributed by atoms with E-state index in [1.807, 2.05) is 13.0 Å². The van der Waals surface area contributed by atoms with E-state index in [4.69, 9.17) is 15.9 Å². The number of carboxylic acid groups (broad SMARTS) is 1. The van der Waals surface area contributed by atoms with Gasteiger partial charge in [0.1, 0.15) is 0 Å². The number of anilines is 2. The van der Waals surface area contributed by atoms with Gasteiger partial charge in [0.05, 0.1) is 5.56 Å². The fourth-order valence-corrected chi connectivity index (χ4v) is 2.62. The van der Waals surface area contributed by atoms with Gasteiger partial charge in [-0.15, -0.1) is 0 Å². The van der Waals surface area contributed by atoms with Crippen LogP contribution in [-0.2, 0) is 0 Å². The van der Waals surface area contributed by atoms with Gasteiger partial charge < -0.3 is 20.8 Å². The topological polar surface area (TPSA) is 86.8 Å². The number of hydrogen-bond acceptors (Lipinski definition) is 4. The smallest absolute Gasteiger partial charge is 0.337 e. The molecule has 1 aromatic rings. The minimum Gasteiger partial charge on any atom is -0.478 e. The Balaban J connectivity index is 2.24. The molecule has 1 atom stereocenters. The lowest BCUT2D eigenvalue weighted by molar-refractivity contribution is 0.0698. The third kappa shape index (κ3) is 2.81. The van der Waals surface area contributed by atoms with Crippen molar-refractivity contribution >= 4 is 17.3 Å². The number of aliphatic hydroxyl groups is 1. The van der Waals surface area contributed by atoms with Crippen molar-refractivity contribution in [3.05, 3.63) is 23.3 Å². The average Bonchev–Trinajstić information content (AvgIpc) is 2.81. The molecule has 0 radical (unpaired) electrons. The first-order chi connectivity index (χ1) is 9.02. The molecule has 1 heterocycles. The normalized spacial score (nSPS) is 18.8. The molecule has 5 nitrogen and oxygen atoms in total. The van der Waals surface area contributed by atoms with E-state index in [0.29, 0.717) is 11.6 Å². The van der Waals surface area contributed by atoms with Gasteiger partial charge in [0.25, 0.3) is 0 Å². The van der Waals surface area contributed by atoms with E-state index >= 15 is 0 Å². The van der Waals surface area contributed by atoms with Crippen molar-refractivity contribution in [3.8, 4) is 0 Å². The van der Waals surface area contributed by atoms with Crippen molar-refractivity contribution in [2.45, 2.75) is 19.8 Å². The number of carboxylic acids is 1. The van der Waals surface area contributed by atoms with Crippen LogP contribution in [0.3, 0.4) is 0 Å². The summed E-state index contributed by atoms with van der Waals surface area (Å²) >= 11 is 0. The Labute approximate surface area is 112 Å². The molecule has 0 amide bonds. The van der Waals surface area contributed by atoms with Gasteiger partial charge in [0.2, 0.25) is 0 Å². The second-order valence-corrected chi connectivity index (χ2v) is 5.14. The Kier molecular flexibility index (Phi) is 3.95. The zero-order chi connectivity index (χ0) is 14.0. The highest BCUT2D eigenvalue weighted by Crippen LogP contribution is 2.30. The first-order valence-corrected chi connectivity index (χ1v) is 6.52. The van der Waals surface area contributed by atoms with Crippen LogP contribution in [0.25, 0.3) is 0 Å². The Morgan fingerprint density at radius 1 is 1.53 bits per heavy atom. The van der Waals surface area contributed by atoms with Crippen molar-refractivity contribution < 1.29 is 15.0 Å². The van der Waals surface area contributed by atoms with Crippen LogP contribution >= 0.6 is 0 Å². The molecule has 0 bridgehead atoms. The second kappa shape index (κ2) is 5.48. The molecule has 5 heteroatoms. The van der Waals surface area contributed by atoms with Crippen molar-refractivity contribution in [2.75, 3.05) is 30.3 Å². The van der Waals surface area contributed by atoms with Crippen LogP contribution in [0.5, 0.6) is 0 Å². The van der Waals surface area contributed by atoms with E-state index in [2.05, 4.69) is 4.90 Å². The fraction of sp³-hybridized carbons (Fsp3) is 0.500. The van der Waals surface area contributed by atoms with E-state index in [9.17, 15) is 4.79 Å². The van der Waals surface area contributed by atoms with Crippen molar-refractivity contribution in [1.82, 2.24) is 0 Å². The maximum Gasteiger partial charge on any atom is 0.337 e. The monoisotopic (exact) mass is 264 g/mol. The number of hydrogen-bond donors (Lipinski definition) is 3. The summed E-state index contributed by atoms with van der Waals surface area (Å²) in [5, 5.41) is 18.1. The second-order valence-electron chi connectivity index (χ2n) is 5.14. The van der Waals surface area contributed by atoms with Gasteiger partial charge in [0, 0.05) is 31.1 Å². The van der Waals surface area contributed by atoms with Gasteiger partial charge in [-0.1, -0.05) is 0 Å². The van der Waals surface area contributed by atoms with Gasteiger partial charge >= 0.3 is 5.97 Å². The molecule has 1 aromatic carbocycles. The lowest BCUT2D eigenvalue weighted by atomic mass is 10.1. The third-order valence-corrected chi connectivity index (χ3v) is 3.79. The molecule has 0 saturated carbocycles. The highest BCUT2D eigenvalue weighted by Gasteiger charge is 2.23. The van der Waals surface area contributed by atoms with Gasteiger partial charge in [-0.2, -0.15) is 0 Å². The summed E-state index contributed by atoms with van der Waals surface area (Å²) in [4.78, 5) is 13.3. The van der Waals surface area contributed by atoms with Crippen molar-refractivity contribution in [2.24, 2.45) is 5.92 Å². The Morgan fingerprint density at radius 2 is 2.26 bits per heavy atom. The number of nitrogens with two attached hydrogens (primary N) is 1. The number of aryl methyl sites for hydroxylation is 1. The Bertz CT molecular complexity index is 488. The number of aliphatic hydroxyl groups excluding tert-OH is 1. The lowest BCUT2D eigenvalue weighted by Gasteiger charge is -2.20. The Morgan fingerprint density at radius 3 is 2.89 bits per heavy atom. The lowest BCUT2D eigenvalue weighted by Crippen LogP contribution is -2.21. The van der Waals surface area contributed by atoms with Gasteiger partial charge in [0.15, 0.2) is 0 Å². The number of aromatic carboxylic acids is 1. The van der Waals surface area contributed by atoms with Crippen LogP contribution in [0.2, 0.25) is 0 Å². The summed E-state index contributed by atoms with van der Waals surface area (Å²) in [7, 11) is 0. The first-order valence-electron chi connectivity index (χ1n) is 6.52. The van der Waals surface area contributed by atoms with Gasteiger partial charge in [-0.25, -0.2) is 4.79 Å². The molecular formula is C14H20N2O3. The molecule has 4 N–H and O–H groups in total. The highest BCUT2D eigenvalue weighted by atomic mass is 16.4. The van der Waals surface area contributed by atoms with Crippen molar-refractivity contribution in [3.63, 3.8) is 0 Å². The molecular weight excluding hydrogens is 244 g/mol. The highest BCUT2D eigenvalue weighted by molar-refractivity contribution is 5.95. The minimum atomic E-state index is -0.992. The molecule has 1 fully saturated rings. The zero-order valence-electron chi connectivity index (χ0n) is 11.1. The molecule has 2 rings (SSSR count). The quantitative estimate of drug-likeness (QED) is 0.717. The summed E-state index contributed by atoms with van der Waals surface area (Å²) < 4.78 is 0. The maximum absolute atomic E-state index is 11.2. The summed E-state index contributed by atoms with van der Waals surface area (Å²) in [6.45, 7) is 3.79. The van der Waals surface area contributed by atoms with Crippen LogP contribution in [0.4, 0.5) is 11.4 Å². The summed E-state index contributed by atoms with van der Waals surface area (Å²) in [5.74, 6) is -0.510. The molecule has 0 spiro atoms. The number of benzene rings is 1. The Hall–Kier alpha value is -1.75. The standard InChI is InChI=1S/C14H20N2O3/c1-9-6-11(7-12(13(9)15)14(18)19)16-4-2-10(8-16)3-5-17/h6-7,10,17H,2-5,8,15H2,1H3,(H,18,19). The number of carbonyl (C=O) groups is 1. The van der Waals surface area contributed by atoms with Crippen LogP contribution in [0, 0.1) is 12.8 Å². The van der Waals surface area contributed by atoms with E-state index in [-0.39, 0.29) is 12.2 Å². The first kappa shape index (κ1) is 13.7. The van der Waals surface area contributed by atoms with E-state index < -0.39 is 5.97 Å². The van der Waals surface area contributed by atoms with Gasteiger partial charge in [-0.05, 0) is 43.4 Å². The SMILES string of the molecule is Cc1cc(N2CCC(CCO)C2)cc(C(=O)O)c1N. The molecule has 1 aliphatic heterocycles. The van der Waals surface area contributed by atoms with Crippen molar-refractivity contribution in [1.29, 1.82) is 0 Å². The van der Waals surface area contributed by atoms with Crippen LogP contribution in [0.1, 0.15) is 28.8 Å². The largest absolute Gasteiger partial charge is 0.478 e. The van der Waals surface area contributed by atoms with E-state index in [1.165, 1.54) is 0 Å². The number of rotatable bonds is 4. The molecule has 1 saturated heterocycles. The molecule has 1 aliphatic rings. The summed E-state index contributed by atoms with van der Waals surface area (Å²) in [5.41, 5.74) is 8.00. The van der Waals surface area contributed by atoms with Gasteiger partial charge in [-0.3, -0.25) is 0 Å². The molecule has 0 aromatic heterocycles. The van der Waals surface area contributed by atoms with Crippen LogP contribution in [-0.4, -0.2) is 35.9 Å². The maximum atomic E-state index is 11.2. The molecule has 0 aliphatic carbocycles. The minimum absolute atomic E-state index is 0.167. The summed E-state index contributed by atoms with van der Waals surface area (Å²) in [6, 6.07) is 3.58. The molecule has 19 heavy (non-hydrogen) atoms. The molecule has 104 valence electrons. The predicted molar refractivity (Wildman–Crippen MR) is 74.6 cm³/mol. The fourth-order valence-electron chi connectivity index (χ4n) is 2.62.